The van der Waals surface area contributed by atoms with Crippen molar-refractivity contribution in [3.05, 3.63) is 39.7 Å². The Morgan fingerprint density at radius 2 is 1.92 bits per heavy atom. The predicted octanol–water partition coefficient (Wildman–Crippen LogP) is 3.31. The molecule has 1 heterocycles. The number of aliphatic hydroxyl groups is 1. The van der Waals surface area contributed by atoms with Crippen LogP contribution in [0.25, 0.3) is 0 Å². The van der Waals surface area contributed by atoms with Gasteiger partial charge in [0.2, 0.25) is 0 Å². The minimum absolute atomic E-state index is 0.111. The summed E-state index contributed by atoms with van der Waals surface area (Å²) in [7, 11) is 0. The Balaban J connectivity index is 1.79. The van der Waals surface area contributed by atoms with Gasteiger partial charge in [0, 0.05) is 11.6 Å². The van der Waals surface area contributed by atoms with E-state index in [1.165, 1.54) is 22.9 Å². The van der Waals surface area contributed by atoms with Crippen molar-refractivity contribution in [2.24, 2.45) is 0 Å². The van der Waals surface area contributed by atoms with Gasteiger partial charge in [-0.3, -0.25) is 4.79 Å². The smallest absolute Gasteiger partial charge is 0.191 e. The minimum atomic E-state index is -0.118. The van der Waals surface area contributed by atoms with E-state index in [0.717, 1.165) is 34.7 Å². The third-order valence-corrected chi connectivity index (χ3v) is 5.85. The lowest BCUT2D eigenvalue weighted by Gasteiger charge is -2.13. The van der Waals surface area contributed by atoms with E-state index >= 15 is 0 Å². The van der Waals surface area contributed by atoms with Crippen molar-refractivity contribution >= 4 is 17.5 Å². The Labute approximate surface area is 146 Å². The Morgan fingerprint density at radius 1 is 1.21 bits per heavy atom. The molecule has 0 atom stereocenters. The van der Waals surface area contributed by atoms with Crippen LogP contribution in [0.2, 0.25) is 0 Å². The molecule has 1 N–H and O–H groups in total. The van der Waals surface area contributed by atoms with Crippen LogP contribution in [0.15, 0.2) is 11.2 Å². The first-order valence-electron chi connectivity index (χ1n) is 8.22. The first kappa shape index (κ1) is 17.2. The quantitative estimate of drug-likeness (QED) is 0.642. The summed E-state index contributed by atoms with van der Waals surface area (Å²) in [5.74, 6) is 1.03. The zero-order chi connectivity index (χ0) is 17.4. The summed E-state index contributed by atoms with van der Waals surface area (Å²) in [5.41, 5.74) is 5.44. The van der Waals surface area contributed by atoms with Gasteiger partial charge in [0.15, 0.2) is 16.8 Å². The number of aromatic nitrogens is 3. The monoisotopic (exact) mass is 345 g/mol. The molecular formula is C18H23N3O2S. The molecule has 0 unspecified atom stereocenters. The topological polar surface area (TPSA) is 68.0 Å². The van der Waals surface area contributed by atoms with Gasteiger partial charge in [0.1, 0.15) is 6.61 Å². The van der Waals surface area contributed by atoms with Crippen LogP contribution in [0.1, 0.15) is 57.3 Å². The van der Waals surface area contributed by atoms with E-state index < -0.39 is 0 Å². The number of aryl methyl sites for hydroxylation is 1. The van der Waals surface area contributed by atoms with Crippen molar-refractivity contribution in [2.45, 2.75) is 58.3 Å². The highest BCUT2D eigenvalue weighted by molar-refractivity contribution is 7.99. The summed E-state index contributed by atoms with van der Waals surface area (Å²) in [6.07, 6.45) is 2.17. The van der Waals surface area contributed by atoms with Gasteiger partial charge in [0.05, 0.1) is 5.75 Å². The maximum absolute atomic E-state index is 12.7. The number of rotatable bonds is 6. The van der Waals surface area contributed by atoms with E-state index in [2.05, 4.69) is 24.0 Å². The average Bonchev–Trinajstić information content (AvgIpc) is 3.33. The molecule has 0 amide bonds. The van der Waals surface area contributed by atoms with Crippen LogP contribution in [-0.4, -0.2) is 31.4 Å². The van der Waals surface area contributed by atoms with Crippen LogP contribution < -0.4 is 0 Å². The summed E-state index contributed by atoms with van der Waals surface area (Å²) >= 11 is 1.41. The van der Waals surface area contributed by atoms with Crippen LogP contribution in [0.4, 0.5) is 0 Å². The molecule has 2 aromatic rings. The molecule has 1 fully saturated rings. The van der Waals surface area contributed by atoms with Crippen LogP contribution in [-0.2, 0) is 6.61 Å². The highest BCUT2D eigenvalue weighted by Gasteiger charge is 2.29. The van der Waals surface area contributed by atoms with Crippen LogP contribution >= 0.6 is 11.8 Å². The Kier molecular flexibility index (Phi) is 4.78. The molecule has 24 heavy (non-hydrogen) atoms. The molecule has 3 rings (SSSR count). The molecule has 0 radical (unpaired) electrons. The molecule has 6 heteroatoms. The Morgan fingerprint density at radius 3 is 2.54 bits per heavy atom. The second-order valence-electron chi connectivity index (χ2n) is 6.49. The van der Waals surface area contributed by atoms with Gasteiger partial charge in [-0.15, -0.1) is 10.2 Å². The van der Waals surface area contributed by atoms with E-state index in [9.17, 15) is 9.90 Å². The van der Waals surface area contributed by atoms with Crippen molar-refractivity contribution < 1.29 is 9.90 Å². The lowest BCUT2D eigenvalue weighted by Crippen LogP contribution is -2.09. The second-order valence-corrected chi connectivity index (χ2v) is 7.43. The van der Waals surface area contributed by atoms with Crippen LogP contribution in [0.5, 0.6) is 0 Å². The standard InChI is InChI=1S/C18H23N3O2S/c1-10-7-15(13(4)12(3)11(10)2)16(23)9-24-18-20-19-17(8-22)21(18)14-5-6-14/h7,14,22H,5-6,8-9H2,1-4H3. The summed E-state index contributed by atoms with van der Waals surface area (Å²) in [6.45, 7) is 8.10. The second kappa shape index (κ2) is 6.69. The van der Waals surface area contributed by atoms with Gasteiger partial charge in [-0.25, -0.2) is 0 Å². The summed E-state index contributed by atoms with van der Waals surface area (Å²) < 4.78 is 1.98. The largest absolute Gasteiger partial charge is 0.388 e. The summed E-state index contributed by atoms with van der Waals surface area (Å²) in [6, 6.07) is 2.37. The van der Waals surface area contributed by atoms with Gasteiger partial charge in [-0.2, -0.15) is 0 Å². The molecule has 0 aliphatic heterocycles. The first-order chi connectivity index (χ1) is 11.4. The zero-order valence-corrected chi connectivity index (χ0v) is 15.4. The van der Waals surface area contributed by atoms with E-state index in [1.54, 1.807) is 0 Å². The van der Waals surface area contributed by atoms with Crippen LogP contribution in [0, 0.1) is 27.7 Å². The zero-order valence-electron chi connectivity index (χ0n) is 14.6. The van der Waals surface area contributed by atoms with Crippen molar-refractivity contribution in [3.8, 4) is 0 Å². The van der Waals surface area contributed by atoms with Gasteiger partial charge < -0.3 is 9.67 Å². The van der Waals surface area contributed by atoms with Gasteiger partial charge in [-0.1, -0.05) is 11.8 Å². The Hall–Kier alpha value is -1.66. The molecule has 1 aliphatic carbocycles. The molecule has 1 aliphatic rings. The number of aliphatic hydroxyl groups excluding tert-OH is 1. The Bertz CT molecular complexity index is 794. The SMILES string of the molecule is Cc1cc(C(=O)CSc2nnc(CO)n2C2CC2)c(C)c(C)c1C. The number of Topliss-reactive ketones (excluding diaryl/α,β-unsaturated/α-hetero) is 1. The summed E-state index contributed by atoms with van der Waals surface area (Å²) in [4.78, 5) is 12.7. The number of carbonyl (C=O) groups excluding carboxylic acids is 1. The predicted molar refractivity (Wildman–Crippen MR) is 94.7 cm³/mol. The maximum Gasteiger partial charge on any atom is 0.191 e. The van der Waals surface area contributed by atoms with E-state index in [0.29, 0.717) is 17.6 Å². The van der Waals surface area contributed by atoms with Gasteiger partial charge >= 0.3 is 0 Å². The molecule has 0 bridgehead atoms. The number of nitrogens with zero attached hydrogens (tertiary/aromatic N) is 3. The number of hydrogen-bond donors (Lipinski definition) is 1. The summed E-state index contributed by atoms with van der Waals surface area (Å²) in [5, 5.41) is 18.3. The average molecular weight is 345 g/mol. The normalized spacial score (nSPS) is 14.2. The first-order valence-corrected chi connectivity index (χ1v) is 9.20. The fraction of sp³-hybridized carbons (Fsp3) is 0.500. The molecule has 0 saturated heterocycles. The van der Waals surface area contributed by atoms with Gasteiger partial charge in [-0.05, 0) is 68.9 Å². The van der Waals surface area contributed by atoms with E-state index in [-0.39, 0.29) is 12.4 Å². The van der Waals surface area contributed by atoms with Crippen LogP contribution in [0.3, 0.4) is 0 Å². The highest BCUT2D eigenvalue weighted by Crippen LogP contribution is 2.38. The van der Waals surface area contributed by atoms with Crippen molar-refractivity contribution in [1.29, 1.82) is 0 Å². The molecule has 1 saturated carbocycles. The van der Waals surface area contributed by atoms with Crippen molar-refractivity contribution in [1.82, 2.24) is 14.8 Å². The fourth-order valence-corrected chi connectivity index (χ4v) is 3.83. The molecule has 5 nitrogen and oxygen atoms in total. The fourth-order valence-electron chi connectivity index (χ4n) is 2.92. The molecule has 1 aromatic carbocycles. The molecule has 1 aromatic heterocycles. The maximum atomic E-state index is 12.7. The number of carbonyl (C=O) groups is 1. The lowest BCUT2D eigenvalue weighted by atomic mass is 9.93. The van der Waals surface area contributed by atoms with E-state index in [4.69, 9.17) is 0 Å². The molecular weight excluding hydrogens is 322 g/mol. The minimum Gasteiger partial charge on any atom is -0.388 e. The lowest BCUT2D eigenvalue weighted by molar-refractivity contribution is 0.102. The van der Waals surface area contributed by atoms with E-state index in [1.807, 2.05) is 24.5 Å². The number of hydrogen-bond acceptors (Lipinski definition) is 5. The third kappa shape index (κ3) is 3.13. The van der Waals surface area contributed by atoms with Crippen molar-refractivity contribution in [3.63, 3.8) is 0 Å². The molecule has 0 spiro atoms. The van der Waals surface area contributed by atoms with Gasteiger partial charge in [0.25, 0.3) is 0 Å². The number of ketones is 1. The highest BCUT2D eigenvalue weighted by atomic mass is 32.2. The molecule has 128 valence electrons. The third-order valence-electron chi connectivity index (χ3n) is 4.90. The number of benzene rings is 1. The number of thioether (sulfide) groups is 1. The van der Waals surface area contributed by atoms with Crippen molar-refractivity contribution in [2.75, 3.05) is 5.75 Å².